The summed E-state index contributed by atoms with van der Waals surface area (Å²) in [4.78, 5) is 0. The zero-order valence-electron chi connectivity index (χ0n) is 13.5. The Balaban J connectivity index is 2.27. The van der Waals surface area contributed by atoms with Crippen molar-refractivity contribution < 1.29 is 24.0 Å². The topological polar surface area (TPSA) is 18.5 Å². The monoisotopic (exact) mass is 344 g/mol. The molecule has 0 aliphatic rings. The van der Waals surface area contributed by atoms with Crippen LogP contribution in [0.25, 0.3) is 0 Å². The van der Waals surface area contributed by atoms with Crippen LogP contribution in [0.3, 0.4) is 0 Å². The number of benzene rings is 2. The molecule has 2 nitrogen and oxygen atoms in total. The molecular weight excluding hydrogens is 320 g/mol. The van der Waals surface area contributed by atoms with Gasteiger partial charge in [0.25, 0.3) is 0 Å². The Morgan fingerprint density at radius 1 is 0.696 bits per heavy atom. The van der Waals surface area contributed by atoms with E-state index in [2.05, 4.69) is 61.7 Å². The number of hydrogen-bond acceptors (Lipinski definition) is 2. The van der Waals surface area contributed by atoms with E-state index in [0.717, 1.165) is 9.45 Å². The number of hydrogen-bond donors (Lipinski definition) is 0. The zero-order valence-corrected chi connectivity index (χ0v) is 15.0. The fourth-order valence-electron chi connectivity index (χ4n) is 2.54. The summed E-state index contributed by atoms with van der Waals surface area (Å²) in [5.74, 6) is 0. The van der Waals surface area contributed by atoms with Crippen LogP contribution >= 0.6 is 0 Å². The standard InChI is InChI=1S/2C7H7.2C3H5O.Ti/c2*1-7-5-3-2-4-6-7;2*1-2-3-4;/h2*2-6H,1H2;2*2H,1,3H2;/q;;2*-1;+2. The maximum absolute atomic E-state index is 6.29. The van der Waals surface area contributed by atoms with E-state index in [1.165, 1.54) is 11.1 Å². The normalized spacial score (nSPS) is 11.1. The Hall–Kier alpha value is -1.45. The van der Waals surface area contributed by atoms with Gasteiger partial charge in [-0.05, 0) is 0 Å². The third kappa shape index (κ3) is 5.93. The van der Waals surface area contributed by atoms with Gasteiger partial charge in [0, 0.05) is 0 Å². The molecule has 0 fully saturated rings. The molecule has 2 rings (SSSR count). The van der Waals surface area contributed by atoms with Crippen LogP contribution in [0.15, 0.2) is 86.0 Å². The van der Waals surface area contributed by atoms with Gasteiger partial charge in [-0.25, -0.2) is 0 Å². The van der Waals surface area contributed by atoms with Gasteiger partial charge in [0.05, 0.1) is 0 Å². The third-order valence-electron chi connectivity index (χ3n) is 3.56. The summed E-state index contributed by atoms with van der Waals surface area (Å²) >= 11 is -3.07. The molecule has 2 aromatic carbocycles. The Bertz CT molecular complexity index is 540. The summed E-state index contributed by atoms with van der Waals surface area (Å²) in [7, 11) is 0. The Morgan fingerprint density at radius 3 is 1.43 bits per heavy atom. The molecule has 2 aromatic rings. The molecule has 0 heterocycles. The molecular formula is C20H24O2Ti. The third-order valence-corrected chi connectivity index (χ3v) is 8.68. The van der Waals surface area contributed by atoms with E-state index in [0.29, 0.717) is 13.2 Å². The summed E-state index contributed by atoms with van der Waals surface area (Å²) < 4.78 is 14.3. The quantitative estimate of drug-likeness (QED) is 0.456. The van der Waals surface area contributed by atoms with Crippen LogP contribution in [0.5, 0.6) is 0 Å². The number of rotatable bonds is 10. The van der Waals surface area contributed by atoms with Gasteiger partial charge in [-0.1, -0.05) is 0 Å². The molecule has 0 radical (unpaired) electrons. The predicted molar refractivity (Wildman–Crippen MR) is 92.6 cm³/mol. The Kier molecular flexibility index (Phi) is 7.50. The van der Waals surface area contributed by atoms with Gasteiger partial charge in [-0.15, -0.1) is 0 Å². The molecule has 0 atom stereocenters. The van der Waals surface area contributed by atoms with E-state index in [4.69, 9.17) is 6.64 Å². The van der Waals surface area contributed by atoms with Crippen LogP contribution in [0.4, 0.5) is 0 Å². The van der Waals surface area contributed by atoms with Crippen LogP contribution in [-0.4, -0.2) is 13.2 Å². The SMILES string of the molecule is C=CC[O][Ti]([CH2]c1ccccc1)([CH2]c1ccccc1)[O]CC=C. The summed E-state index contributed by atoms with van der Waals surface area (Å²) in [6, 6.07) is 20.9. The van der Waals surface area contributed by atoms with E-state index < -0.39 is 17.4 Å². The molecule has 0 bridgehead atoms. The van der Waals surface area contributed by atoms with Gasteiger partial charge < -0.3 is 0 Å². The molecule has 0 saturated carbocycles. The first-order chi connectivity index (χ1) is 11.3. The second-order valence-corrected chi connectivity index (χ2v) is 10.3. The van der Waals surface area contributed by atoms with Crippen molar-refractivity contribution in [2.75, 3.05) is 13.2 Å². The molecule has 0 N–H and O–H groups in total. The van der Waals surface area contributed by atoms with Crippen molar-refractivity contribution in [2.24, 2.45) is 0 Å². The minimum absolute atomic E-state index is 0.525. The van der Waals surface area contributed by atoms with Crippen molar-refractivity contribution in [3.8, 4) is 0 Å². The molecule has 0 spiro atoms. The molecule has 0 amide bonds. The first-order valence-corrected chi connectivity index (χ1v) is 11.3. The maximum atomic E-state index is 6.29. The fraction of sp³-hybridized carbons (Fsp3) is 0.200. The van der Waals surface area contributed by atoms with Gasteiger partial charge >= 0.3 is 144 Å². The van der Waals surface area contributed by atoms with Crippen LogP contribution in [0.1, 0.15) is 11.1 Å². The Morgan fingerprint density at radius 2 is 1.09 bits per heavy atom. The first kappa shape index (κ1) is 17.9. The van der Waals surface area contributed by atoms with Crippen LogP contribution < -0.4 is 0 Å². The van der Waals surface area contributed by atoms with Gasteiger partial charge in [0.15, 0.2) is 0 Å². The van der Waals surface area contributed by atoms with E-state index in [1.54, 1.807) is 12.2 Å². The minimum atomic E-state index is -3.07. The summed E-state index contributed by atoms with van der Waals surface area (Å²) in [5.41, 5.74) is 2.52. The van der Waals surface area contributed by atoms with Gasteiger partial charge in [0.2, 0.25) is 0 Å². The second-order valence-electron chi connectivity index (χ2n) is 5.43. The van der Waals surface area contributed by atoms with Crippen molar-refractivity contribution in [1.29, 1.82) is 0 Å². The fourth-order valence-corrected chi connectivity index (χ4v) is 7.50. The average molecular weight is 344 g/mol. The molecule has 0 saturated heterocycles. The molecule has 0 unspecified atom stereocenters. The van der Waals surface area contributed by atoms with Crippen LogP contribution in [-0.2, 0) is 33.5 Å². The van der Waals surface area contributed by atoms with E-state index in [9.17, 15) is 0 Å². The van der Waals surface area contributed by atoms with Crippen molar-refractivity contribution in [3.05, 3.63) is 97.1 Å². The van der Waals surface area contributed by atoms with Gasteiger partial charge in [0.1, 0.15) is 0 Å². The first-order valence-electron chi connectivity index (χ1n) is 7.85. The van der Waals surface area contributed by atoms with Crippen LogP contribution in [0, 0.1) is 0 Å². The van der Waals surface area contributed by atoms with Crippen LogP contribution in [0.2, 0.25) is 0 Å². The average Bonchev–Trinajstić information content (AvgIpc) is 2.60. The summed E-state index contributed by atoms with van der Waals surface area (Å²) in [6.07, 6.45) is 3.60. The Labute approximate surface area is 143 Å². The second kappa shape index (κ2) is 9.64. The molecule has 0 aromatic heterocycles. The van der Waals surface area contributed by atoms with E-state index >= 15 is 0 Å². The van der Waals surface area contributed by atoms with Gasteiger partial charge in [-0.3, -0.25) is 0 Å². The van der Waals surface area contributed by atoms with Crippen molar-refractivity contribution in [3.63, 3.8) is 0 Å². The molecule has 0 aliphatic heterocycles. The van der Waals surface area contributed by atoms with E-state index in [1.807, 2.05) is 12.1 Å². The molecule has 3 heteroatoms. The summed E-state index contributed by atoms with van der Waals surface area (Å²) in [6.45, 7) is 8.62. The molecule has 120 valence electrons. The zero-order chi connectivity index (χ0) is 16.4. The predicted octanol–water partition coefficient (Wildman–Crippen LogP) is 4.78. The van der Waals surface area contributed by atoms with Crippen molar-refractivity contribution >= 4 is 0 Å². The van der Waals surface area contributed by atoms with Crippen molar-refractivity contribution in [1.82, 2.24) is 0 Å². The molecule has 23 heavy (non-hydrogen) atoms. The van der Waals surface area contributed by atoms with Gasteiger partial charge in [-0.2, -0.15) is 0 Å². The van der Waals surface area contributed by atoms with E-state index in [-0.39, 0.29) is 0 Å². The summed E-state index contributed by atoms with van der Waals surface area (Å²) in [5, 5.41) is 0. The van der Waals surface area contributed by atoms with Crippen molar-refractivity contribution in [2.45, 2.75) is 9.45 Å². The molecule has 0 aliphatic carbocycles.